The third-order valence-corrected chi connectivity index (χ3v) is 7.23. The highest BCUT2D eigenvalue weighted by Crippen LogP contribution is 2.43. The summed E-state index contributed by atoms with van der Waals surface area (Å²) < 4.78 is 0. The van der Waals surface area contributed by atoms with Crippen LogP contribution in [0, 0.1) is 5.41 Å². The fraction of sp³-hybridized carbons (Fsp3) is 0.762. The minimum absolute atomic E-state index is 0.299. The van der Waals surface area contributed by atoms with Crippen molar-refractivity contribution in [2.45, 2.75) is 57.9 Å². The van der Waals surface area contributed by atoms with Crippen molar-refractivity contribution in [2.75, 3.05) is 39.3 Å². The Bertz CT molecular complexity index is 556. The van der Waals surface area contributed by atoms with Crippen LogP contribution in [-0.4, -0.2) is 60.9 Å². The number of nitrogens with zero attached hydrogens (tertiary/aromatic N) is 2. The molecule has 4 nitrogen and oxygen atoms in total. The quantitative estimate of drug-likeness (QED) is 0.836. The molecule has 4 aliphatic rings. The van der Waals surface area contributed by atoms with Crippen molar-refractivity contribution in [3.63, 3.8) is 0 Å². The zero-order valence-corrected chi connectivity index (χ0v) is 15.7. The van der Waals surface area contributed by atoms with E-state index < -0.39 is 0 Å². The fourth-order valence-corrected chi connectivity index (χ4v) is 5.30. The molecule has 25 heavy (non-hydrogen) atoms. The first-order valence-corrected chi connectivity index (χ1v) is 10.3. The van der Waals surface area contributed by atoms with Gasteiger partial charge in [0.15, 0.2) is 5.78 Å². The Balaban J connectivity index is 1.32. The third-order valence-electron chi connectivity index (χ3n) is 7.23. The molecule has 0 saturated carbocycles. The minimum atomic E-state index is 0.299. The number of ketones is 1. The van der Waals surface area contributed by atoms with Crippen molar-refractivity contribution in [2.24, 2.45) is 5.41 Å². The number of carbonyl (C=O) groups excluding carboxylic acids is 1. The Kier molecular flexibility index (Phi) is 5.01. The van der Waals surface area contributed by atoms with Gasteiger partial charge >= 0.3 is 0 Å². The number of hydrogen-bond donors (Lipinski definition) is 1. The third kappa shape index (κ3) is 3.56. The molecule has 0 atom stereocenters. The first-order chi connectivity index (χ1) is 12.2. The van der Waals surface area contributed by atoms with Crippen LogP contribution in [0.3, 0.4) is 0 Å². The Hall–Kier alpha value is -1.13. The molecule has 0 bridgehead atoms. The largest absolute Gasteiger partial charge is 0.371 e. The van der Waals surface area contributed by atoms with Gasteiger partial charge in [-0.2, -0.15) is 0 Å². The number of hydrogen-bond acceptors (Lipinski definition) is 4. The summed E-state index contributed by atoms with van der Waals surface area (Å²) in [6, 6.07) is 0.824. The Morgan fingerprint density at radius 1 is 1.04 bits per heavy atom. The van der Waals surface area contributed by atoms with Gasteiger partial charge in [-0.1, -0.05) is 6.08 Å². The van der Waals surface area contributed by atoms with Gasteiger partial charge in [0.1, 0.15) is 0 Å². The number of likely N-dealkylation sites (tertiary alicyclic amines) is 2. The minimum Gasteiger partial charge on any atom is -0.371 e. The molecule has 1 N–H and O–H groups in total. The monoisotopic (exact) mass is 343 g/mol. The molecule has 0 aromatic rings. The summed E-state index contributed by atoms with van der Waals surface area (Å²) in [6.07, 6.45) is 12.8. The highest BCUT2D eigenvalue weighted by molar-refractivity contribution is 5.98. The average molecular weight is 344 g/mol. The number of rotatable bonds is 2. The first kappa shape index (κ1) is 17.3. The second kappa shape index (κ2) is 7.24. The van der Waals surface area contributed by atoms with E-state index in [2.05, 4.69) is 21.2 Å². The normalized spacial score (nSPS) is 28.8. The summed E-state index contributed by atoms with van der Waals surface area (Å²) in [5.74, 6) is 0.299. The van der Waals surface area contributed by atoms with Crippen LogP contribution in [0.2, 0.25) is 0 Å². The van der Waals surface area contributed by atoms with Crippen LogP contribution in [0.1, 0.15) is 51.9 Å². The second-order valence-electron chi connectivity index (χ2n) is 8.54. The van der Waals surface area contributed by atoms with Crippen molar-refractivity contribution < 1.29 is 4.79 Å². The van der Waals surface area contributed by atoms with E-state index in [0.29, 0.717) is 17.6 Å². The molecule has 4 rings (SSSR count). The summed E-state index contributed by atoms with van der Waals surface area (Å²) in [5, 5.41) is 3.49. The second-order valence-corrected chi connectivity index (χ2v) is 8.54. The smallest absolute Gasteiger partial charge is 0.164 e. The van der Waals surface area contributed by atoms with Gasteiger partial charge in [-0.3, -0.25) is 4.79 Å². The molecule has 3 saturated heterocycles. The Morgan fingerprint density at radius 2 is 1.68 bits per heavy atom. The van der Waals surface area contributed by atoms with Crippen LogP contribution in [-0.2, 0) is 4.79 Å². The van der Waals surface area contributed by atoms with E-state index in [1.807, 2.05) is 13.0 Å². The van der Waals surface area contributed by atoms with Crippen molar-refractivity contribution in [3.8, 4) is 0 Å². The maximum Gasteiger partial charge on any atom is 0.164 e. The van der Waals surface area contributed by atoms with Gasteiger partial charge in [0.05, 0.1) is 0 Å². The van der Waals surface area contributed by atoms with Crippen molar-refractivity contribution in [1.29, 1.82) is 0 Å². The standard InChI is InChI=1S/C21H33N3O/c1-17-19(3-2-4-20(17)25)24-15-9-21(10-16-24)7-13-23(14-8-21)18-5-11-22-12-6-18/h2-3,18,22H,4-16H2,1H3. The van der Waals surface area contributed by atoms with Crippen LogP contribution < -0.4 is 5.32 Å². The lowest BCUT2D eigenvalue weighted by Gasteiger charge is -2.49. The average Bonchev–Trinajstić information content (AvgIpc) is 2.66. The molecular weight excluding hydrogens is 310 g/mol. The molecule has 138 valence electrons. The van der Waals surface area contributed by atoms with E-state index in [4.69, 9.17) is 0 Å². The lowest BCUT2D eigenvalue weighted by atomic mass is 9.70. The number of allylic oxidation sites excluding steroid dienone is 3. The van der Waals surface area contributed by atoms with Gasteiger partial charge in [0, 0.05) is 36.8 Å². The highest BCUT2D eigenvalue weighted by atomic mass is 16.1. The lowest BCUT2D eigenvalue weighted by molar-refractivity contribution is -0.115. The molecule has 0 aromatic carbocycles. The van der Waals surface area contributed by atoms with E-state index >= 15 is 0 Å². The number of piperidine rings is 3. The summed E-state index contributed by atoms with van der Waals surface area (Å²) in [4.78, 5) is 17.2. The van der Waals surface area contributed by atoms with Gasteiger partial charge in [-0.15, -0.1) is 0 Å². The molecule has 1 aliphatic carbocycles. The van der Waals surface area contributed by atoms with Gasteiger partial charge < -0.3 is 15.1 Å². The molecular formula is C21H33N3O. The number of carbonyl (C=O) groups is 1. The van der Waals surface area contributed by atoms with Gasteiger partial charge in [-0.25, -0.2) is 0 Å². The summed E-state index contributed by atoms with van der Waals surface area (Å²) in [6.45, 7) is 9.23. The van der Waals surface area contributed by atoms with Crippen LogP contribution in [0.5, 0.6) is 0 Å². The van der Waals surface area contributed by atoms with Crippen LogP contribution in [0.15, 0.2) is 23.4 Å². The molecule has 3 heterocycles. The molecule has 4 heteroatoms. The van der Waals surface area contributed by atoms with E-state index in [-0.39, 0.29) is 0 Å². The van der Waals surface area contributed by atoms with E-state index in [1.165, 1.54) is 70.4 Å². The molecule has 3 fully saturated rings. The number of nitrogens with one attached hydrogen (secondary N) is 1. The molecule has 0 amide bonds. The maximum atomic E-state index is 12.0. The molecule has 0 aromatic heterocycles. The zero-order chi connectivity index (χ0) is 17.3. The molecule has 1 spiro atoms. The molecule has 0 unspecified atom stereocenters. The predicted octanol–water partition coefficient (Wildman–Crippen LogP) is 2.72. The SMILES string of the molecule is CC1=C(N2CCC3(CC2)CCN(C2CCNCC2)CC3)C=CCC1=O. The molecule has 3 aliphatic heterocycles. The topological polar surface area (TPSA) is 35.6 Å². The van der Waals surface area contributed by atoms with E-state index in [9.17, 15) is 4.79 Å². The summed E-state index contributed by atoms with van der Waals surface area (Å²) in [7, 11) is 0. The van der Waals surface area contributed by atoms with Crippen molar-refractivity contribution >= 4 is 5.78 Å². The first-order valence-electron chi connectivity index (χ1n) is 10.3. The Morgan fingerprint density at radius 3 is 2.36 bits per heavy atom. The fourth-order valence-electron chi connectivity index (χ4n) is 5.30. The predicted molar refractivity (Wildman–Crippen MR) is 101 cm³/mol. The lowest BCUT2D eigenvalue weighted by Crippen LogP contribution is -2.51. The van der Waals surface area contributed by atoms with Crippen LogP contribution >= 0.6 is 0 Å². The van der Waals surface area contributed by atoms with Gasteiger partial charge in [0.2, 0.25) is 0 Å². The summed E-state index contributed by atoms with van der Waals surface area (Å²) in [5.41, 5.74) is 2.73. The zero-order valence-electron chi connectivity index (χ0n) is 15.7. The van der Waals surface area contributed by atoms with E-state index in [1.54, 1.807) is 0 Å². The van der Waals surface area contributed by atoms with Crippen molar-refractivity contribution in [3.05, 3.63) is 23.4 Å². The van der Waals surface area contributed by atoms with E-state index in [0.717, 1.165) is 24.7 Å². The maximum absolute atomic E-state index is 12.0. The van der Waals surface area contributed by atoms with Crippen LogP contribution in [0.25, 0.3) is 0 Å². The van der Waals surface area contributed by atoms with Gasteiger partial charge in [0.25, 0.3) is 0 Å². The highest BCUT2D eigenvalue weighted by Gasteiger charge is 2.39. The molecule has 0 radical (unpaired) electrons. The summed E-state index contributed by atoms with van der Waals surface area (Å²) >= 11 is 0. The van der Waals surface area contributed by atoms with Crippen LogP contribution in [0.4, 0.5) is 0 Å². The van der Waals surface area contributed by atoms with Gasteiger partial charge in [-0.05, 0) is 83.1 Å². The number of Topliss-reactive ketones (excluding diaryl/α,β-unsaturated/α-hetero) is 1. The Labute approximate surface area is 152 Å². The van der Waals surface area contributed by atoms with Crippen molar-refractivity contribution in [1.82, 2.24) is 15.1 Å².